The number of nitrogens with zero attached hydrogens (tertiary/aromatic N) is 1. The van der Waals surface area contributed by atoms with E-state index in [1.807, 2.05) is 24.7 Å². The summed E-state index contributed by atoms with van der Waals surface area (Å²) in [5.41, 5.74) is 2.55. The summed E-state index contributed by atoms with van der Waals surface area (Å²) in [4.78, 5) is 11.4. The number of carboxylic acid groups (broad SMARTS) is 1. The number of rotatable bonds is 15. The maximum absolute atomic E-state index is 11.4. The molecule has 26 heavy (non-hydrogen) atoms. The Morgan fingerprint density at radius 2 is 1.35 bits per heavy atom. The van der Waals surface area contributed by atoms with E-state index in [1.54, 1.807) is 6.07 Å². The van der Waals surface area contributed by atoms with Crippen LogP contribution in [0.3, 0.4) is 0 Å². The standard InChI is InChI=1S/C23H39NO2/c1-4-5-6-7-8-9-10-11-12-13-14-15-16-17-21-20(2)24(3)19-18-22(21)23(25)26/h18-19H,4-17H2,1-3H3/p+1. The molecule has 0 saturated heterocycles. The van der Waals surface area contributed by atoms with E-state index in [2.05, 4.69) is 6.92 Å². The van der Waals surface area contributed by atoms with Crippen molar-refractivity contribution < 1.29 is 14.5 Å². The first-order valence-corrected chi connectivity index (χ1v) is 10.8. The lowest BCUT2D eigenvalue weighted by Gasteiger charge is -2.08. The monoisotopic (exact) mass is 362 g/mol. The van der Waals surface area contributed by atoms with Gasteiger partial charge in [-0.25, -0.2) is 9.36 Å². The highest BCUT2D eigenvalue weighted by atomic mass is 16.4. The molecule has 0 aliphatic carbocycles. The zero-order valence-corrected chi connectivity index (χ0v) is 17.4. The second-order valence-corrected chi connectivity index (χ2v) is 7.70. The fourth-order valence-electron chi connectivity index (χ4n) is 3.64. The second kappa shape index (κ2) is 13.8. The predicted octanol–water partition coefficient (Wildman–Crippen LogP) is 6.15. The smallest absolute Gasteiger partial charge is 0.336 e. The van der Waals surface area contributed by atoms with E-state index < -0.39 is 5.97 Å². The van der Waals surface area contributed by atoms with Gasteiger partial charge >= 0.3 is 5.97 Å². The molecule has 1 rings (SSSR count). The van der Waals surface area contributed by atoms with Crippen molar-refractivity contribution in [3.63, 3.8) is 0 Å². The summed E-state index contributed by atoms with van der Waals surface area (Å²) in [7, 11) is 1.98. The van der Waals surface area contributed by atoms with Gasteiger partial charge in [0.05, 0.1) is 5.56 Å². The van der Waals surface area contributed by atoms with E-state index in [0.29, 0.717) is 5.56 Å². The molecule has 1 aromatic rings. The van der Waals surface area contributed by atoms with Crippen molar-refractivity contribution in [1.82, 2.24) is 0 Å². The van der Waals surface area contributed by atoms with Crippen LogP contribution in [0.4, 0.5) is 0 Å². The predicted molar refractivity (Wildman–Crippen MR) is 109 cm³/mol. The largest absolute Gasteiger partial charge is 0.478 e. The SMILES string of the molecule is CCCCCCCCCCCCCCCc1c(C(=O)O)cc[n+](C)c1C. The third-order valence-corrected chi connectivity index (χ3v) is 5.52. The molecule has 0 unspecified atom stereocenters. The number of hydrogen-bond acceptors (Lipinski definition) is 1. The van der Waals surface area contributed by atoms with Crippen LogP contribution in [0.25, 0.3) is 0 Å². The van der Waals surface area contributed by atoms with Crippen molar-refractivity contribution in [2.45, 2.75) is 104 Å². The molecule has 0 aliphatic rings. The second-order valence-electron chi connectivity index (χ2n) is 7.70. The zero-order valence-electron chi connectivity index (χ0n) is 17.4. The third kappa shape index (κ3) is 8.82. The minimum absolute atomic E-state index is 0.472. The van der Waals surface area contributed by atoms with Crippen molar-refractivity contribution in [2.24, 2.45) is 7.05 Å². The van der Waals surface area contributed by atoms with Crippen LogP contribution in [0.2, 0.25) is 0 Å². The Morgan fingerprint density at radius 3 is 1.81 bits per heavy atom. The van der Waals surface area contributed by atoms with Crippen LogP contribution in [-0.2, 0) is 13.5 Å². The van der Waals surface area contributed by atoms with E-state index in [4.69, 9.17) is 0 Å². The third-order valence-electron chi connectivity index (χ3n) is 5.52. The van der Waals surface area contributed by atoms with Crippen molar-refractivity contribution in [2.75, 3.05) is 0 Å². The summed E-state index contributed by atoms with van der Waals surface area (Å²) in [6.45, 7) is 4.29. The summed E-state index contributed by atoms with van der Waals surface area (Å²) in [6, 6.07) is 1.73. The van der Waals surface area contributed by atoms with Gasteiger partial charge in [-0.2, -0.15) is 0 Å². The summed E-state index contributed by atoms with van der Waals surface area (Å²) < 4.78 is 2.02. The highest BCUT2D eigenvalue weighted by Crippen LogP contribution is 2.17. The number of aromatic nitrogens is 1. The summed E-state index contributed by atoms with van der Waals surface area (Å²) in [5.74, 6) is -0.807. The molecule has 0 amide bonds. The van der Waals surface area contributed by atoms with E-state index >= 15 is 0 Å². The Kier molecular flexibility index (Phi) is 12.0. The van der Waals surface area contributed by atoms with Crippen LogP contribution in [0.1, 0.15) is 112 Å². The molecule has 3 heteroatoms. The fourth-order valence-corrected chi connectivity index (χ4v) is 3.64. The van der Waals surface area contributed by atoms with Crippen LogP contribution in [-0.4, -0.2) is 11.1 Å². The Bertz CT molecular complexity index is 525. The van der Waals surface area contributed by atoms with Gasteiger partial charge in [-0.1, -0.05) is 84.0 Å². The molecule has 0 atom stereocenters. The van der Waals surface area contributed by atoms with E-state index in [0.717, 1.165) is 24.1 Å². The van der Waals surface area contributed by atoms with Crippen LogP contribution in [0.5, 0.6) is 0 Å². The van der Waals surface area contributed by atoms with Gasteiger partial charge in [0.1, 0.15) is 7.05 Å². The zero-order chi connectivity index (χ0) is 19.2. The average molecular weight is 363 g/mol. The number of hydrogen-bond donors (Lipinski definition) is 1. The quantitative estimate of drug-likeness (QED) is 0.300. The van der Waals surface area contributed by atoms with Gasteiger partial charge in [0.2, 0.25) is 0 Å². The minimum atomic E-state index is -0.807. The minimum Gasteiger partial charge on any atom is -0.478 e. The average Bonchev–Trinajstić information content (AvgIpc) is 2.62. The van der Waals surface area contributed by atoms with Crippen LogP contribution in [0, 0.1) is 6.92 Å². The van der Waals surface area contributed by atoms with Crippen molar-refractivity contribution in [3.05, 3.63) is 29.1 Å². The normalized spacial score (nSPS) is 11.0. The maximum atomic E-state index is 11.4. The number of pyridine rings is 1. The Balaban J connectivity index is 2.10. The molecule has 0 radical (unpaired) electrons. The lowest BCUT2D eigenvalue weighted by molar-refractivity contribution is -0.678. The maximum Gasteiger partial charge on any atom is 0.336 e. The van der Waals surface area contributed by atoms with E-state index in [1.165, 1.54) is 77.0 Å². The first kappa shape index (κ1) is 22.7. The Labute approximate surface area is 160 Å². The number of aryl methyl sites for hydroxylation is 1. The van der Waals surface area contributed by atoms with Crippen molar-refractivity contribution >= 4 is 5.97 Å². The Hall–Kier alpha value is -1.38. The molecule has 0 fully saturated rings. The molecule has 0 aliphatic heterocycles. The summed E-state index contributed by atoms with van der Waals surface area (Å²) >= 11 is 0. The van der Waals surface area contributed by atoms with Crippen LogP contribution in [0.15, 0.2) is 12.3 Å². The van der Waals surface area contributed by atoms with Crippen molar-refractivity contribution in [3.8, 4) is 0 Å². The number of unbranched alkanes of at least 4 members (excludes halogenated alkanes) is 12. The highest BCUT2D eigenvalue weighted by molar-refractivity contribution is 5.89. The van der Waals surface area contributed by atoms with Crippen LogP contribution >= 0.6 is 0 Å². The Morgan fingerprint density at radius 1 is 0.885 bits per heavy atom. The van der Waals surface area contributed by atoms with Gasteiger partial charge in [-0.3, -0.25) is 0 Å². The topological polar surface area (TPSA) is 41.2 Å². The first-order valence-electron chi connectivity index (χ1n) is 10.8. The van der Waals surface area contributed by atoms with Crippen molar-refractivity contribution in [1.29, 1.82) is 0 Å². The van der Waals surface area contributed by atoms with Crippen LogP contribution < -0.4 is 4.57 Å². The molecule has 0 spiro atoms. The van der Waals surface area contributed by atoms with Gasteiger partial charge in [0.25, 0.3) is 0 Å². The number of carboxylic acids is 1. The van der Waals surface area contributed by atoms with E-state index in [-0.39, 0.29) is 0 Å². The molecule has 0 aromatic carbocycles. The summed E-state index contributed by atoms with van der Waals surface area (Å²) in [6.07, 6.45) is 20.1. The highest BCUT2D eigenvalue weighted by Gasteiger charge is 2.17. The molecule has 1 N–H and O–H groups in total. The molecule has 1 heterocycles. The molecule has 1 aromatic heterocycles. The number of carbonyl (C=O) groups is 1. The lowest BCUT2D eigenvalue weighted by Crippen LogP contribution is -2.33. The lowest BCUT2D eigenvalue weighted by atomic mass is 9.99. The molecule has 0 saturated carbocycles. The molecule has 3 nitrogen and oxygen atoms in total. The van der Waals surface area contributed by atoms with E-state index in [9.17, 15) is 9.90 Å². The molecular weight excluding hydrogens is 322 g/mol. The number of aromatic carboxylic acids is 1. The van der Waals surface area contributed by atoms with Gasteiger partial charge < -0.3 is 5.11 Å². The van der Waals surface area contributed by atoms with Gasteiger partial charge in [-0.05, 0) is 12.8 Å². The van der Waals surface area contributed by atoms with Gasteiger partial charge in [0.15, 0.2) is 11.9 Å². The first-order chi connectivity index (χ1) is 12.6. The van der Waals surface area contributed by atoms with Gasteiger partial charge in [-0.15, -0.1) is 0 Å². The molecule has 148 valence electrons. The van der Waals surface area contributed by atoms with Gasteiger partial charge in [0, 0.05) is 18.6 Å². The summed E-state index contributed by atoms with van der Waals surface area (Å²) in [5, 5.41) is 9.38. The molecular formula is C23H40NO2+. The molecule has 0 bridgehead atoms. The fraction of sp³-hybridized carbons (Fsp3) is 0.739.